The fourth-order valence-corrected chi connectivity index (χ4v) is 2.04. The first-order chi connectivity index (χ1) is 9.56. The molecule has 108 valence electrons. The second-order valence-corrected chi connectivity index (χ2v) is 5.36. The molecule has 1 aromatic carbocycles. The molecule has 0 spiro atoms. The van der Waals surface area contributed by atoms with Crippen molar-refractivity contribution in [1.29, 1.82) is 0 Å². The molecule has 0 fully saturated rings. The lowest BCUT2D eigenvalue weighted by molar-refractivity contribution is 0.242. The molecule has 1 unspecified atom stereocenters. The van der Waals surface area contributed by atoms with Gasteiger partial charge in [-0.1, -0.05) is 12.1 Å². The van der Waals surface area contributed by atoms with Crippen LogP contribution in [0.1, 0.15) is 43.6 Å². The van der Waals surface area contributed by atoms with Crippen molar-refractivity contribution >= 4 is 0 Å². The molecule has 1 atom stereocenters. The van der Waals surface area contributed by atoms with Crippen molar-refractivity contribution in [2.45, 2.75) is 46.4 Å². The van der Waals surface area contributed by atoms with Crippen molar-refractivity contribution < 1.29 is 4.74 Å². The van der Waals surface area contributed by atoms with Crippen LogP contribution in [0.5, 0.6) is 5.75 Å². The molecule has 2 rings (SSSR count). The molecule has 2 aromatic rings. The molecule has 20 heavy (non-hydrogen) atoms. The highest BCUT2D eigenvalue weighted by Crippen LogP contribution is 2.19. The summed E-state index contributed by atoms with van der Waals surface area (Å²) in [6.45, 7) is 9.07. The monoisotopic (exact) mass is 273 g/mol. The molecule has 0 aliphatic rings. The molecule has 0 radical (unpaired) electrons. The quantitative estimate of drug-likeness (QED) is 0.848. The Balaban J connectivity index is 1.92. The molecule has 0 aliphatic heterocycles. The zero-order chi connectivity index (χ0) is 14.5. The van der Waals surface area contributed by atoms with Crippen molar-refractivity contribution in [2.75, 3.05) is 0 Å². The van der Waals surface area contributed by atoms with Crippen molar-refractivity contribution in [3.05, 3.63) is 47.3 Å². The van der Waals surface area contributed by atoms with Gasteiger partial charge < -0.3 is 10.1 Å². The molecule has 0 saturated heterocycles. The van der Waals surface area contributed by atoms with Crippen LogP contribution in [0.4, 0.5) is 0 Å². The first-order valence-electron chi connectivity index (χ1n) is 7.05. The number of ether oxygens (including phenoxy) is 1. The topological polar surface area (TPSA) is 49.9 Å². The van der Waals surface area contributed by atoms with E-state index in [1.807, 2.05) is 39.1 Å². The second-order valence-electron chi connectivity index (χ2n) is 5.36. The van der Waals surface area contributed by atoms with Crippen LogP contribution in [-0.4, -0.2) is 16.3 Å². The van der Waals surface area contributed by atoms with E-state index in [0.717, 1.165) is 18.0 Å². The average molecular weight is 273 g/mol. The molecular formula is C16H23N3O. The van der Waals surface area contributed by atoms with Gasteiger partial charge in [-0.05, 0) is 45.4 Å². The second kappa shape index (κ2) is 6.57. The van der Waals surface area contributed by atoms with Crippen LogP contribution in [0.15, 0.2) is 30.5 Å². The predicted octanol–water partition coefficient (Wildman–Crippen LogP) is 3.36. The minimum Gasteiger partial charge on any atom is -0.491 e. The maximum Gasteiger partial charge on any atom is 0.119 e. The van der Waals surface area contributed by atoms with Crippen molar-refractivity contribution in [3.8, 4) is 5.75 Å². The van der Waals surface area contributed by atoms with Gasteiger partial charge in [-0.3, -0.25) is 5.10 Å². The molecular weight excluding hydrogens is 250 g/mol. The van der Waals surface area contributed by atoms with Crippen LogP contribution < -0.4 is 10.1 Å². The standard InChI is InChI=1S/C16H23N3O/c1-11(2)20-16-7-5-14(6-8-16)12(3)17-9-15-10-18-19-13(15)4/h5-8,10-12,17H,9H2,1-4H3,(H,18,19). The molecule has 0 amide bonds. The number of aryl methyl sites for hydroxylation is 1. The number of nitrogens with one attached hydrogen (secondary N) is 2. The van der Waals surface area contributed by atoms with E-state index in [4.69, 9.17) is 4.74 Å². The van der Waals surface area contributed by atoms with Crippen molar-refractivity contribution in [1.82, 2.24) is 15.5 Å². The van der Waals surface area contributed by atoms with Crippen LogP contribution >= 0.6 is 0 Å². The maximum atomic E-state index is 5.65. The third-order valence-corrected chi connectivity index (χ3v) is 3.28. The van der Waals surface area contributed by atoms with Gasteiger partial charge in [-0.25, -0.2) is 0 Å². The largest absolute Gasteiger partial charge is 0.491 e. The summed E-state index contributed by atoms with van der Waals surface area (Å²) in [4.78, 5) is 0. The van der Waals surface area contributed by atoms with E-state index in [2.05, 4.69) is 34.6 Å². The van der Waals surface area contributed by atoms with Crippen LogP contribution in [0, 0.1) is 6.92 Å². The van der Waals surface area contributed by atoms with E-state index >= 15 is 0 Å². The van der Waals surface area contributed by atoms with Crippen LogP contribution in [0.2, 0.25) is 0 Å². The summed E-state index contributed by atoms with van der Waals surface area (Å²) in [5, 5.41) is 10.5. The van der Waals surface area contributed by atoms with Gasteiger partial charge in [0.1, 0.15) is 5.75 Å². The number of nitrogens with zero attached hydrogens (tertiary/aromatic N) is 1. The number of benzene rings is 1. The first-order valence-corrected chi connectivity index (χ1v) is 7.05. The minimum atomic E-state index is 0.209. The maximum absolute atomic E-state index is 5.65. The Labute approximate surface area is 120 Å². The Morgan fingerprint density at radius 3 is 2.45 bits per heavy atom. The zero-order valence-electron chi connectivity index (χ0n) is 12.6. The number of hydrogen-bond acceptors (Lipinski definition) is 3. The normalized spacial score (nSPS) is 12.7. The van der Waals surface area contributed by atoms with E-state index in [0.29, 0.717) is 0 Å². The van der Waals surface area contributed by atoms with Gasteiger partial charge in [0.2, 0.25) is 0 Å². The van der Waals surface area contributed by atoms with Crippen molar-refractivity contribution in [3.63, 3.8) is 0 Å². The number of hydrogen-bond donors (Lipinski definition) is 2. The van der Waals surface area contributed by atoms with Gasteiger partial charge >= 0.3 is 0 Å². The summed E-state index contributed by atoms with van der Waals surface area (Å²) in [7, 11) is 0. The third-order valence-electron chi connectivity index (χ3n) is 3.28. The Kier molecular flexibility index (Phi) is 4.79. The molecule has 0 bridgehead atoms. The lowest BCUT2D eigenvalue weighted by Crippen LogP contribution is -2.18. The number of aromatic nitrogens is 2. The summed E-state index contributed by atoms with van der Waals surface area (Å²) >= 11 is 0. The van der Waals surface area contributed by atoms with Gasteiger partial charge in [0.25, 0.3) is 0 Å². The van der Waals surface area contributed by atoms with E-state index < -0.39 is 0 Å². The highest BCUT2D eigenvalue weighted by atomic mass is 16.5. The summed E-state index contributed by atoms with van der Waals surface area (Å²) in [6, 6.07) is 8.56. The Morgan fingerprint density at radius 2 is 1.90 bits per heavy atom. The lowest BCUT2D eigenvalue weighted by atomic mass is 10.1. The Morgan fingerprint density at radius 1 is 1.20 bits per heavy atom. The van der Waals surface area contributed by atoms with Gasteiger partial charge in [0, 0.05) is 23.8 Å². The van der Waals surface area contributed by atoms with Gasteiger partial charge in [0.15, 0.2) is 0 Å². The van der Waals surface area contributed by atoms with E-state index in [9.17, 15) is 0 Å². The Hall–Kier alpha value is -1.81. The number of rotatable bonds is 6. The highest BCUT2D eigenvalue weighted by Gasteiger charge is 2.07. The smallest absolute Gasteiger partial charge is 0.119 e. The highest BCUT2D eigenvalue weighted by molar-refractivity contribution is 5.29. The molecule has 0 aliphatic carbocycles. The summed E-state index contributed by atoms with van der Waals surface area (Å²) in [5.74, 6) is 0.918. The fraction of sp³-hybridized carbons (Fsp3) is 0.438. The van der Waals surface area contributed by atoms with Gasteiger partial charge in [-0.15, -0.1) is 0 Å². The SMILES string of the molecule is Cc1[nH]ncc1CNC(C)c1ccc(OC(C)C)cc1. The average Bonchev–Trinajstić information content (AvgIpc) is 2.82. The zero-order valence-corrected chi connectivity index (χ0v) is 12.6. The molecule has 0 saturated carbocycles. The molecule has 1 aromatic heterocycles. The molecule has 2 N–H and O–H groups in total. The number of aromatic amines is 1. The van der Waals surface area contributed by atoms with Gasteiger partial charge in [0.05, 0.1) is 12.3 Å². The molecule has 1 heterocycles. The van der Waals surface area contributed by atoms with Crippen LogP contribution in [0.25, 0.3) is 0 Å². The number of H-pyrrole nitrogens is 1. The molecule has 4 heteroatoms. The van der Waals surface area contributed by atoms with Crippen LogP contribution in [-0.2, 0) is 6.54 Å². The van der Waals surface area contributed by atoms with Gasteiger partial charge in [-0.2, -0.15) is 5.10 Å². The lowest BCUT2D eigenvalue weighted by Gasteiger charge is -2.15. The van der Waals surface area contributed by atoms with E-state index in [-0.39, 0.29) is 12.1 Å². The fourth-order valence-electron chi connectivity index (χ4n) is 2.04. The van der Waals surface area contributed by atoms with Crippen LogP contribution in [0.3, 0.4) is 0 Å². The van der Waals surface area contributed by atoms with E-state index in [1.54, 1.807) is 0 Å². The summed E-state index contributed by atoms with van der Waals surface area (Å²) < 4.78 is 5.65. The Bertz CT molecular complexity index is 531. The predicted molar refractivity (Wildman–Crippen MR) is 80.8 cm³/mol. The van der Waals surface area contributed by atoms with E-state index in [1.165, 1.54) is 11.1 Å². The summed E-state index contributed by atoms with van der Waals surface area (Å²) in [6.07, 6.45) is 2.08. The summed E-state index contributed by atoms with van der Waals surface area (Å²) in [5.41, 5.74) is 3.57. The van der Waals surface area contributed by atoms with Crippen molar-refractivity contribution in [2.24, 2.45) is 0 Å². The molecule has 4 nitrogen and oxygen atoms in total. The minimum absolute atomic E-state index is 0.209. The third kappa shape index (κ3) is 3.84. The first kappa shape index (κ1) is 14.6.